The second-order valence-electron chi connectivity index (χ2n) is 2.21. The second kappa shape index (κ2) is 6.51. The van der Waals surface area contributed by atoms with Gasteiger partial charge in [-0.05, 0) is 0 Å². The maximum Gasteiger partial charge on any atom is 0.100 e. The van der Waals surface area contributed by atoms with E-state index in [4.69, 9.17) is 25.8 Å². The quantitative estimate of drug-likeness (QED) is 0.352. The van der Waals surface area contributed by atoms with E-state index >= 15 is 0 Å². The number of ether oxygens (including phenoxy) is 1. The molecule has 1 aliphatic heterocycles. The molecule has 1 fully saturated rings. The third kappa shape index (κ3) is 7.70. The molecule has 1 unspecified atom stereocenters. The maximum atomic E-state index is 8.17. The van der Waals surface area contributed by atoms with E-state index in [2.05, 4.69) is 0 Å². The minimum absolute atomic E-state index is 0.365. The predicted octanol–water partition coefficient (Wildman–Crippen LogP) is -2.32. The minimum atomic E-state index is -0.954. The Bertz CT molecular complexity index is 82.7. The lowest BCUT2D eigenvalue weighted by atomic mass is 10.4. The van der Waals surface area contributed by atoms with Crippen molar-refractivity contribution in [1.29, 1.82) is 0 Å². The van der Waals surface area contributed by atoms with Crippen LogP contribution in [0.15, 0.2) is 0 Å². The number of rotatable bonds is 3. The highest BCUT2D eigenvalue weighted by molar-refractivity contribution is 4.67. The number of hydrogen-bond donors (Lipinski definition) is 4. The van der Waals surface area contributed by atoms with Gasteiger partial charge in [-0.25, -0.2) is 0 Å². The van der Waals surface area contributed by atoms with Crippen LogP contribution < -0.4 is 5.73 Å². The normalized spacial score (nSPS) is 21.0. The van der Waals surface area contributed by atoms with Crippen LogP contribution in [0.1, 0.15) is 0 Å². The fourth-order valence-corrected chi connectivity index (χ4v) is 0.262. The number of aliphatic hydroxyl groups excluding tert-OH is 3. The van der Waals surface area contributed by atoms with Crippen molar-refractivity contribution >= 4 is 0 Å². The Hall–Kier alpha value is -0.200. The average Bonchev–Trinajstić information content (AvgIpc) is 2.86. The molecule has 1 atom stereocenters. The lowest BCUT2D eigenvalue weighted by molar-refractivity contribution is 0.0450. The van der Waals surface area contributed by atoms with Crippen molar-refractivity contribution in [3.8, 4) is 0 Å². The minimum Gasteiger partial charge on any atom is -0.394 e. The van der Waals surface area contributed by atoms with Crippen molar-refractivity contribution in [2.24, 2.45) is 5.73 Å². The third-order valence-electron chi connectivity index (χ3n) is 1.09. The summed E-state index contributed by atoms with van der Waals surface area (Å²) in [6.07, 6.45) is -0.542. The number of hydrogen-bond acceptors (Lipinski definition) is 5. The highest BCUT2D eigenvalue weighted by Gasteiger charge is 2.18. The predicted molar refractivity (Wildman–Crippen MR) is 39.0 cm³/mol. The van der Waals surface area contributed by atoms with Gasteiger partial charge in [0, 0.05) is 6.54 Å². The van der Waals surface area contributed by atoms with E-state index in [0.717, 1.165) is 6.61 Å². The van der Waals surface area contributed by atoms with E-state index in [1.54, 1.807) is 0 Å². The molecule has 68 valence electrons. The fourth-order valence-electron chi connectivity index (χ4n) is 0.262. The molecule has 1 heterocycles. The molecule has 0 aliphatic carbocycles. The highest BCUT2D eigenvalue weighted by Crippen LogP contribution is 2.03. The summed E-state index contributed by atoms with van der Waals surface area (Å²) in [5.74, 6) is 0. The molecular weight excluding hydrogens is 150 g/mol. The summed E-state index contributed by atoms with van der Waals surface area (Å²) in [6.45, 7) is 0.851. The molecule has 0 spiro atoms. The third-order valence-corrected chi connectivity index (χ3v) is 1.09. The SMILES string of the molecule is NCC1CO1.OCC(O)CO. The van der Waals surface area contributed by atoms with Crippen LogP contribution in [0.25, 0.3) is 0 Å². The first-order chi connectivity index (χ1) is 5.24. The van der Waals surface area contributed by atoms with Crippen LogP contribution in [0.5, 0.6) is 0 Å². The van der Waals surface area contributed by atoms with Crippen LogP contribution in [-0.4, -0.2) is 53.9 Å². The summed E-state index contributed by atoms with van der Waals surface area (Å²) in [7, 11) is 0. The highest BCUT2D eigenvalue weighted by atomic mass is 16.6. The largest absolute Gasteiger partial charge is 0.394 e. The molecule has 5 nitrogen and oxygen atoms in total. The van der Waals surface area contributed by atoms with E-state index in [0.29, 0.717) is 12.6 Å². The molecule has 11 heavy (non-hydrogen) atoms. The fraction of sp³-hybridized carbons (Fsp3) is 1.00. The van der Waals surface area contributed by atoms with E-state index in [9.17, 15) is 0 Å². The van der Waals surface area contributed by atoms with Crippen LogP contribution in [0.4, 0.5) is 0 Å². The van der Waals surface area contributed by atoms with Crippen LogP contribution in [0, 0.1) is 0 Å². The Labute approximate surface area is 65.4 Å². The topological polar surface area (TPSA) is 99.2 Å². The maximum absolute atomic E-state index is 8.17. The van der Waals surface area contributed by atoms with E-state index < -0.39 is 6.10 Å². The summed E-state index contributed by atoms with van der Waals surface area (Å²) < 4.78 is 4.73. The molecule has 0 saturated carbocycles. The van der Waals surface area contributed by atoms with E-state index in [1.165, 1.54) is 0 Å². The molecule has 0 aromatic carbocycles. The second-order valence-corrected chi connectivity index (χ2v) is 2.21. The summed E-state index contributed by atoms with van der Waals surface area (Å²) in [5.41, 5.74) is 5.11. The van der Waals surface area contributed by atoms with Gasteiger partial charge in [0.1, 0.15) is 6.10 Å². The Morgan fingerprint density at radius 2 is 1.91 bits per heavy atom. The Kier molecular flexibility index (Phi) is 6.39. The first-order valence-electron chi connectivity index (χ1n) is 3.46. The van der Waals surface area contributed by atoms with Crippen molar-refractivity contribution in [1.82, 2.24) is 0 Å². The average molecular weight is 165 g/mol. The molecule has 0 aromatic heterocycles. The molecule has 1 rings (SSSR count). The number of nitrogens with two attached hydrogens (primary N) is 1. The van der Waals surface area contributed by atoms with Gasteiger partial charge >= 0.3 is 0 Å². The van der Waals surface area contributed by atoms with Crippen LogP contribution in [-0.2, 0) is 4.74 Å². The lowest BCUT2D eigenvalue weighted by Gasteiger charge is -1.96. The molecule has 0 aromatic rings. The standard InChI is InChI=1S/C3H7NO.C3H8O3/c4-1-3-2-5-3;4-1-3(6)2-5/h3H,1-2,4H2;3-6H,1-2H2. The van der Waals surface area contributed by atoms with Crippen molar-refractivity contribution < 1.29 is 20.1 Å². The summed E-state index contributed by atoms with van der Waals surface area (Å²) in [4.78, 5) is 0. The summed E-state index contributed by atoms with van der Waals surface area (Å²) in [5, 5.41) is 24.0. The lowest BCUT2D eigenvalue weighted by Crippen LogP contribution is -2.15. The van der Waals surface area contributed by atoms with Crippen molar-refractivity contribution in [2.75, 3.05) is 26.4 Å². The first-order valence-corrected chi connectivity index (χ1v) is 3.46. The Balaban J connectivity index is 0.000000183. The molecule has 1 aliphatic rings. The number of aliphatic hydroxyl groups is 3. The van der Waals surface area contributed by atoms with Gasteiger partial charge in [0.25, 0.3) is 0 Å². The monoisotopic (exact) mass is 165 g/mol. The van der Waals surface area contributed by atoms with Crippen molar-refractivity contribution in [2.45, 2.75) is 12.2 Å². The van der Waals surface area contributed by atoms with Gasteiger partial charge in [0.2, 0.25) is 0 Å². The zero-order chi connectivity index (χ0) is 8.69. The molecule has 0 bridgehead atoms. The van der Waals surface area contributed by atoms with Crippen LogP contribution in [0.2, 0.25) is 0 Å². The van der Waals surface area contributed by atoms with Gasteiger partial charge in [-0.15, -0.1) is 0 Å². The van der Waals surface area contributed by atoms with Gasteiger partial charge in [0.05, 0.1) is 25.9 Å². The van der Waals surface area contributed by atoms with Gasteiger partial charge in [-0.3, -0.25) is 0 Å². The van der Waals surface area contributed by atoms with Crippen LogP contribution >= 0.6 is 0 Å². The zero-order valence-electron chi connectivity index (χ0n) is 6.31. The summed E-state index contributed by atoms with van der Waals surface area (Å²) in [6, 6.07) is 0. The Morgan fingerprint density at radius 1 is 1.45 bits per heavy atom. The van der Waals surface area contributed by atoms with Gasteiger partial charge < -0.3 is 25.8 Å². The molecule has 5 N–H and O–H groups in total. The van der Waals surface area contributed by atoms with E-state index in [1.807, 2.05) is 0 Å². The van der Waals surface area contributed by atoms with Gasteiger partial charge in [0.15, 0.2) is 0 Å². The van der Waals surface area contributed by atoms with Crippen LogP contribution in [0.3, 0.4) is 0 Å². The van der Waals surface area contributed by atoms with Crippen molar-refractivity contribution in [3.63, 3.8) is 0 Å². The summed E-state index contributed by atoms with van der Waals surface area (Å²) >= 11 is 0. The van der Waals surface area contributed by atoms with Gasteiger partial charge in [-0.2, -0.15) is 0 Å². The first kappa shape index (κ1) is 10.8. The number of epoxide rings is 1. The molecular formula is C6H15NO4. The van der Waals surface area contributed by atoms with E-state index in [-0.39, 0.29) is 13.2 Å². The molecule has 5 heteroatoms. The molecule has 0 amide bonds. The van der Waals surface area contributed by atoms with Crippen molar-refractivity contribution in [3.05, 3.63) is 0 Å². The smallest absolute Gasteiger partial charge is 0.100 e. The molecule has 1 saturated heterocycles. The Morgan fingerprint density at radius 3 is 1.91 bits per heavy atom. The van der Waals surface area contributed by atoms with Gasteiger partial charge in [-0.1, -0.05) is 0 Å². The zero-order valence-corrected chi connectivity index (χ0v) is 6.31. The molecule has 0 radical (unpaired) electrons.